The molecule has 1 aromatic rings. The van der Waals surface area contributed by atoms with Crippen molar-refractivity contribution in [1.82, 2.24) is 9.97 Å². The quantitative estimate of drug-likeness (QED) is 0.817. The van der Waals surface area contributed by atoms with E-state index in [0.29, 0.717) is 5.92 Å². The fraction of sp³-hybridized carbons (Fsp3) is 0.714. The van der Waals surface area contributed by atoms with E-state index in [9.17, 15) is 0 Å². The Kier molecular flexibility index (Phi) is 5.39. The lowest BCUT2D eigenvalue weighted by molar-refractivity contribution is 0.778. The maximum absolute atomic E-state index is 4.66. The van der Waals surface area contributed by atoms with E-state index < -0.39 is 0 Å². The van der Waals surface area contributed by atoms with Crippen molar-refractivity contribution in [2.75, 3.05) is 11.9 Å². The van der Waals surface area contributed by atoms with Gasteiger partial charge in [0.15, 0.2) is 0 Å². The zero-order valence-corrected chi connectivity index (χ0v) is 11.8. The highest BCUT2D eigenvalue weighted by molar-refractivity contribution is 5.48. The van der Waals surface area contributed by atoms with Gasteiger partial charge in [0.2, 0.25) is 0 Å². The van der Waals surface area contributed by atoms with E-state index in [1.807, 2.05) is 0 Å². The van der Waals surface area contributed by atoms with Crippen LogP contribution in [0.1, 0.15) is 63.5 Å². The molecule has 3 heteroatoms. The summed E-state index contributed by atoms with van der Waals surface area (Å²) in [6.45, 7) is 11.8. The second-order valence-electron chi connectivity index (χ2n) is 4.82. The molecule has 0 aliphatic carbocycles. The molecule has 1 rings (SSSR count). The van der Waals surface area contributed by atoms with Crippen LogP contribution in [0.2, 0.25) is 0 Å². The average Bonchev–Trinajstić information content (AvgIpc) is 2.25. The topological polar surface area (TPSA) is 37.8 Å². The third-order valence-electron chi connectivity index (χ3n) is 2.78. The van der Waals surface area contributed by atoms with Gasteiger partial charge in [-0.2, -0.15) is 0 Å². The first-order valence-corrected chi connectivity index (χ1v) is 6.71. The minimum atomic E-state index is 0.463. The Bertz CT molecular complexity index is 359. The smallest absolute Gasteiger partial charge is 0.133 e. The highest BCUT2D eigenvalue weighted by atomic mass is 15.0. The maximum Gasteiger partial charge on any atom is 0.133 e. The van der Waals surface area contributed by atoms with Crippen LogP contribution >= 0.6 is 0 Å². The van der Waals surface area contributed by atoms with E-state index in [-0.39, 0.29) is 0 Å². The molecular formula is C14H25N3. The summed E-state index contributed by atoms with van der Waals surface area (Å²) in [7, 11) is 0. The van der Waals surface area contributed by atoms with E-state index in [1.165, 1.54) is 5.56 Å². The number of anilines is 1. The van der Waals surface area contributed by atoms with Gasteiger partial charge >= 0.3 is 0 Å². The number of hydrogen-bond donors (Lipinski definition) is 1. The number of hydrogen-bond acceptors (Lipinski definition) is 3. The predicted molar refractivity (Wildman–Crippen MR) is 73.6 cm³/mol. The van der Waals surface area contributed by atoms with Crippen LogP contribution in [0.5, 0.6) is 0 Å². The van der Waals surface area contributed by atoms with Crippen LogP contribution in [-0.4, -0.2) is 16.5 Å². The molecule has 0 spiro atoms. The first-order chi connectivity index (χ1) is 8.10. The molecule has 0 unspecified atom stereocenters. The van der Waals surface area contributed by atoms with Gasteiger partial charge in [0.1, 0.15) is 11.6 Å². The molecular weight excluding hydrogens is 210 g/mol. The van der Waals surface area contributed by atoms with Crippen molar-refractivity contribution < 1.29 is 0 Å². The second-order valence-corrected chi connectivity index (χ2v) is 4.82. The minimum Gasteiger partial charge on any atom is -0.370 e. The Labute approximate surface area is 105 Å². The summed E-state index contributed by atoms with van der Waals surface area (Å²) in [6.07, 6.45) is 3.16. The van der Waals surface area contributed by atoms with Gasteiger partial charge in [-0.3, -0.25) is 0 Å². The molecule has 17 heavy (non-hydrogen) atoms. The second kappa shape index (κ2) is 6.58. The van der Waals surface area contributed by atoms with Gasteiger partial charge in [-0.1, -0.05) is 27.7 Å². The van der Waals surface area contributed by atoms with Crippen molar-refractivity contribution in [2.45, 2.75) is 59.8 Å². The number of nitrogens with zero attached hydrogens (tertiary/aromatic N) is 2. The van der Waals surface area contributed by atoms with Gasteiger partial charge in [0, 0.05) is 24.2 Å². The summed E-state index contributed by atoms with van der Waals surface area (Å²) < 4.78 is 0. The molecule has 0 fully saturated rings. The molecule has 0 aliphatic heterocycles. The van der Waals surface area contributed by atoms with Crippen molar-refractivity contribution in [2.24, 2.45) is 0 Å². The van der Waals surface area contributed by atoms with Crippen LogP contribution in [-0.2, 0) is 6.42 Å². The lowest BCUT2D eigenvalue weighted by Gasteiger charge is -2.16. The summed E-state index contributed by atoms with van der Waals surface area (Å²) in [4.78, 5) is 9.26. The predicted octanol–water partition coefficient (Wildman–Crippen LogP) is 3.68. The molecule has 96 valence electrons. The fourth-order valence-electron chi connectivity index (χ4n) is 2.04. The summed E-state index contributed by atoms with van der Waals surface area (Å²) in [5.74, 6) is 2.47. The van der Waals surface area contributed by atoms with Crippen LogP contribution in [0.4, 0.5) is 5.82 Å². The number of aromatic nitrogens is 2. The first-order valence-electron chi connectivity index (χ1n) is 6.71. The van der Waals surface area contributed by atoms with Gasteiger partial charge in [0.25, 0.3) is 0 Å². The Morgan fingerprint density at radius 3 is 2.35 bits per heavy atom. The first kappa shape index (κ1) is 13.9. The van der Waals surface area contributed by atoms with E-state index in [2.05, 4.69) is 49.9 Å². The molecule has 0 saturated heterocycles. The maximum atomic E-state index is 4.66. The van der Waals surface area contributed by atoms with Crippen molar-refractivity contribution in [1.29, 1.82) is 0 Å². The average molecular weight is 235 g/mol. The standard InChI is InChI=1S/C14H25N3/c1-6-8-12-16-11(5)13(10(3)4)14(17-12)15-9-7-2/h10H,6-9H2,1-5H3,(H,15,16,17). The van der Waals surface area contributed by atoms with Gasteiger partial charge in [-0.05, 0) is 25.7 Å². The van der Waals surface area contributed by atoms with E-state index in [4.69, 9.17) is 0 Å². The molecule has 0 radical (unpaired) electrons. The van der Waals surface area contributed by atoms with Crippen LogP contribution in [0, 0.1) is 6.92 Å². The lowest BCUT2D eigenvalue weighted by atomic mass is 10.0. The van der Waals surface area contributed by atoms with E-state index >= 15 is 0 Å². The molecule has 0 atom stereocenters. The molecule has 0 aromatic carbocycles. The number of rotatable bonds is 6. The Morgan fingerprint density at radius 2 is 1.82 bits per heavy atom. The van der Waals surface area contributed by atoms with Crippen molar-refractivity contribution >= 4 is 5.82 Å². The lowest BCUT2D eigenvalue weighted by Crippen LogP contribution is -2.11. The SMILES string of the molecule is CCCNc1nc(CCC)nc(C)c1C(C)C. The zero-order valence-electron chi connectivity index (χ0n) is 11.8. The molecule has 0 bridgehead atoms. The van der Waals surface area contributed by atoms with Crippen LogP contribution in [0.25, 0.3) is 0 Å². The number of nitrogens with one attached hydrogen (secondary N) is 1. The molecule has 1 aromatic heterocycles. The highest BCUT2D eigenvalue weighted by Gasteiger charge is 2.13. The molecule has 0 aliphatic rings. The van der Waals surface area contributed by atoms with Crippen molar-refractivity contribution in [3.05, 3.63) is 17.1 Å². The van der Waals surface area contributed by atoms with Crippen LogP contribution in [0.15, 0.2) is 0 Å². The zero-order chi connectivity index (χ0) is 12.8. The Hall–Kier alpha value is -1.12. The van der Waals surface area contributed by atoms with E-state index in [1.54, 1.807) is 0 Å². The third kappa shape index (κ3) is 3.69. The summed E-state index contributed by atoms with van der Waals surface area (Å²) in [5, 5.41) is 3.43. The number of aryl methyl sites for hydroxylation is 2. The molecule has 3 nitrogen and oxygen atoms in total. The summed E-state index contributed by atoms with van der Waals surface area (Å²) >= 11 is 0. The summed E-state index contributed by atoms with van der Waals surface area (Å²) in [6, 6.07) is 0. The molecule has 1 N–H and O–H groups in total. The van der Waals surface area contributed by atoms with Gasteiger partial charge in [-0.15, -0.1) is 0 Å². The van der Waals surface area contributed by atoms with Gasteiger partial charge < -0.3 is 5.32 Å². The van der Waals surface area contributed by atoms with Crippen molar-refractivity contribution in [3.63, 3.8) is 0 Å². The van der Waals surface area contributed by atoms with Gasteiger partial charge in [-0.25, -0.2) is 9.97 Å². The molecule has 0 saturated carbocycles. The van der Waals surface area contributed by atoms with Crippen LogP contribution < -0.4 is 5.32 Å². The third-order valence-corrected chi connectivity index (χ3v) is 2.78. The largest absolute Gasteiger partial charge is 0.370 e. The van der Waals surface area contributed by atoms with Gasteiger partial charge in [0.05, 0.1) is 0 Å². The Morgan fingerprint density at radius 1 is 1.12 bits per heavy atom. The highest BCUT2D eigenvalue weighted by Crippen LogP contribution is 2.25. The fourth-order valence-corrected chi connectivity index (χ4v) is 2.04. The molecule has 0 amide bonds. The molecule has 1 heterocycles. The normalized spacial score (nSPS) is 10.9. The van der Waals surface area contributed by atoms with E-state index in [0.717, 1.165) is 43.1 Å². The monoisotopic (exact) mass is 235 g/mol. The van der Waals surface area contributed by atoms with Crippen LogP contribution in [0.3, 0.4) is 0 Å². The van der Waals surface area contributed by atoms with Crippen molar-refractivity contribution in [3.8, 4) is 0 Å². The minimum absolute atomic E-state index is 0.463. The summed E-state index contributed by atoms with van der Waals surface area (Å²) in [5.41, 5.74) is 2.38. The Balaban J connectivity index is 3.09.